The smallest absolute Gasteiger partial charge is 0.0640 e. The van der Waals surface area contributed by atoms with Crippen molar-refractivity contribution in [1.29, 1.82) is 0 Å². The van der Waals surface area contributed by atoms with Crippen molar-refractivity contribution in [3.63, 3.8) is 0 Å². The van der Waals surface area contributed by atoms with Crippen molar-refractivity contribution in [2.75, 3.05) is 6.61 Å². The summed E-state index contributed by atoms with van der Waals surface area (Å²) in [4.78, 5) is -0.0591. The molecule has 0 aromatic heterocycles. The second kappa shape index (κ2) is 4.10. The van der Waals surface area contributed by atoms with Crippen LogP contribution in [0, 0.1) is 0 Å². The Morgan fingerprint density at radius 1 is 1.45 bits per heavy atom. The molecule has 0 aliphatic carbocycles. The highest BCUT2D eigenvalue weighted by atomic mass is 79.9. The summed E-state index contributed by atoms with van der Waals surface area (Å²) in [6, 6.07) is 7.45. The van der Waals surface area contributed by atoms with E-state index in [0.717, 1.165) is 5.56 Å². The van der Waals surface area contributed by atoms with Gasteiger partial charge in [0.2, 0.25) is 0 Å². The zero-order chi connectivity index (χ0) is 8.27. The molecular weight excluding hydrogens is 227 g/mol. The van der Waals surface area contributed by atoms with Crippen molar-refractivity contribution >= 4 is 27.5 Å². The average Bonchev–Trinajstić information content (AvgIpc) is 2.04. The Morgan fingerprint density at radius 3 is 2.64 bits per heavy atom. The lowest BCUT2D eigenvalue weighted by molar-refractivity contribution is 0.298. The summed E-state index contributed by atoms with van der Waals surface area (Å²) in [6.45, 7) is 0.0593. The van der Waals surface area contributed by atoms with Crippen LogP contribution in [0.2, 0.25) is 5.02 Å². The quantitative estimate of drug-likeness (QED) is 0.782. The van der Waals surface area contributed by atoms with Gasteiger partial charge in [0.15, 0.2) is 0 Å². The zero-order valence-electron chi connectivity index (χ0n) is 5.80. The highest BCUT2D eigenvalue weighted by molar-refractivity contribution is 9.09. The minimum atomic E-state index is -0.0591. The van der Waals surface area contributed by atoms with Crippen LogP contribution in [0.1, 0.15) is 10.4 Å². The van der Waals surface area contributed by atoms with Gasteiger partial charge >= 0.3 is 0 Å². The van der Waals surface area contributed by atoms with E-state index in [9.17, 15) is 0 Å². The number of aliphatic hydroxyl groups excluding tert-OH is 1. The van der Waals surface area contributed by atoms with E-state index >= 15 is 0 Å². The monoisotopic (exact) mass is 234 g/mol. The summed E-state index contributed by atoms with van der Waals surface area (Å²) in [5.41, 5.74) is 0.927. The first-order valence-corrected chi connectivity index (χ1v) is 4.54. The van der Waals surface area contributed by atoms with E-state index < -0.39 is 0 Å². The minimum Gasteiger partial charge on any atom is -0.395 e. The van der Waals surface area contributed by atoms with Crippen LogP contribution in [0.15, 0.2) is 24.3 Å². The molecule has 0 saturated carbocycles. The molecule has 1 rings (SSSR count). The Morgan fingerprint density at radius 2 is 2.09 bits per heavy atom. The summed E-state index contributed by atoms with van der Waals surface area (Å²) >= 11 is 9.16. The van der Waals surface area contributed by atoms with Gasteiger partial charge in [-0.2, -0.15) is 0 Å². The highest BCUT2D eigenvalue weighted by Crippen LogP contribution is 2.28. The first kappa shape index (κ1) is 9.04. The van der Waals surface area contributed by atoms with Crippen LogP contribution in [0.5, 0.6) is 0 Å². The largest absolute Gasteiger partial charge is 0.395 e. The van der Waals surface area contributed by atoms with E-state index in [1.54, 1.807) is 6.07 Å². The lowest BCUT2D eigenvalue weighted by Crippen LogP contribution is -1.95. The molecule has 1 unspecified atom stereocenters. The molecule has 1 aromatic rings. The molecule has 0 aliphatic heterocycles. The van der Waals surface area contributed by atoms with E-state index in [-0.39, 0.29) is 11.4 Å². The van der Waals surface area contributed by atoms with Crippen molar-refractivity contribution in [1.82, 2.24) is 0 Å². The fraction of sp³-hybridized carbons (Fsp3) is 0.250. The Labute approximate surface area is 79.1 Å². The van der Waals surface area contributed by atoms with Gasteiger partial charge in [-0.15, -0.1) is 0 Å². The van der Waals surface area contributed by atoms with Crippen LogP contribution >= 0.6 is 27.5 Å². The lowest BCUT2D eigenvalue weighted by atomic mass is 10.2. The van der Waals surface area contributed by atoms with Crippen molar-refractivity contribution in [2.45, 2.75) is 4.83 Å². The molecule has 11 heavy (non-hydrogen) atoms. The molecule has 1 atom stereocenters. The molecule has 0 saturated heterocycles. The first-order chi connectivity index (χ1) is 5.25. The molecule has 0 amide bonds. The average molecular weight is 236 g/mol. The normalized spacial score (nSPS) is 13.0. The SMILES string of the molecule is OCC(Br)c1ccccc1Cl. The predicted octanol–water partition coefficient (Wildman–Crippen LogP) is 2.77. The third kappa shape index (κ3) is 2.19. The fourth-order valence-corrected chi connectivity index (χ4v) is 1.63. The number of alkyl halides is 1. The topological polar surface area (TPSA) is 20.2 Å². The van der Waals surface area contributed by atoms with Gasteiger partial charge in [0.1, 0.15) is 0 Å². The first-order valence-electron chi connectivity index (χ1n) is 3.25. The summed E-state index contributed by atoms with van der Waals surface area (Å²) in [5.74, 6) is 0. The lowest BCUT2D eigenvalue weighted by Gasteiger charge is -2.07. The number of hydrogen-bond donors (Lipinski definition) is 1. The third-order valence-corrected chi connectivity index (χ3v) is 2.53. The van der Waals surface area contributed by atoms with Crippen LogP contribution in [0.3, 0.4) is 0 Å². The molecule has 0 aliphatic rings. The van der Waals surface area contributed by atoms with E-state index in [1.807, 2.05) is 18.2 Å². The van der Waals surface area contributed by atoms with Gasteiger partial charge < -0.3 is 5.11 Å². The minimum absolute atomic E-state index is 0.0591. The Kier molecular flexibility index (Phi) is 3.37. The molecular formula is C8H8BrClO. The molecule has 0 heterocycles. The molecule has 3 heteroatoms. The van der Waals surface area contributed by atoms with Crippen molar-refractivity contribution < 1.29 is 5.11 Å². The van der Waals surface area contributed by atoms with Crippen molar-refractivity contribution in [3.8, 4) is 0 Å². The Bertz CT molecular complexity index is 239. The summed E-state index contributed by atoms with van der Waals surface area (Å²) in [6.07, 6.45) is 0. The van der Waals surface area contributed by atoms with Crippen LogP contribution in [-0.4, -0.2) is 11.7 Å². The Balaban J connectivity index is 2.93. The van der Waals surface area contributed by atoms with Crippen LogP contribution in [0.4, 0.5) is 0 Å². The second-order valence-electron chi connectivity index (χ2n) is 2.17. The maximum atomic E-state index is 8.81. The molecule has 1 nitrogen and oxygen atoms in total. The van der Waals surface area contributed by atoms with Gasteiger partial charge in [-0.25, -0.2) is 0 Å². The third-order valence-electron chi connectivity index (χ3n) is 1.40. The van der Waals surface area contributed by atoms with Gasteiger partial charge in [-0.1, -0.05) is 45.7 Å². The molecule has 0 radical (unpaired) electrons. The zero-order valence-corrected chi connectivity index (χ0v) is 8.14. The van der Waals surface area contributed by atoms with Gasteiger partial charge in [0.05, 0.1) is 11.4 Å². The van der Waals surface area contributed by atoms with Crippen LogP contribution in [-0.2, 0) is 0 Å². The second-order valence-corrected chi connectivity index (χ2v) is 3.68. The Hall–Kier alpha value is -0.0500. The highest BCUT2D eigenvalue weighted by Gasteiger charge is 2.07. The number of rotatable bonds is 2. The number of halogens is 2. The predicted molar refractivity (Wildman–Crippen MR) is 50.2 cm³/mol. The standard InChI is InChI=1S/C8H8BrClO/c9-7(5-11)6-3-1-2-4-8(6)10/h1-4,7,11H,5H2. The van der Waals surface area contributed by atoms with Crippen molar-refractivity contribution in [3.05, 3.63) is 34.9 Å². The number of aliphatic hydroxyl groups is 1. The van der Waals surface area contributed by atoms with Gasteiger partial charge in [-0.05, 0) is 11.6 Å². The molecule has 0 bridgehead atoms. The van der Waals surface area contributed by atoms with E-state index in [1.165, 1.54) is 0 Å². The summed E-state index contributed by atoms with van der Waals surface area (Å²) in [5, 5.41) is 9.49. The van der Waals surface area contributed by atoms with Gasteiger partial charge in [-0.3, -0.25) is 0 Å². The maximum Gasteiger partial charge on any atom is 0.0640 e. The van der Waals surface area contributed by atoms with E-state index in [2.05, 4.69) is 15.9 Å². The van der Waals surface area contributed by atoms with Crippen molar-refractivity contribution in [2.24, 2.45) is 0 Å². The summed E-state index contributed by atoms with van der Waals surface area (Å²) < 4.78 is 0. The fourth-order valence-electron chi connectivity index (χ4n) is 0.827. The number of benzene rings is 1. The van der Waals surface area contributed by atoms with Crippen LogP contribution in [0.25, 0.3) is 0 Å². The van der Waals surface area contributed by atoms with Gasteiger partial charge in [0, 0.05) is 5.02 Å². The summed E-state index contributed by atoms with van der Waals surface area (Å²) in [7, 11) is 0. The van der Waals surface area contributed by atoms with Crippen LogP contribution < -0.4 is 0 Å². The van der Waals surface area contributed by atoms with Gasteiger partial charge in [0.25, 0.3) is 0 Å². The van der Waals surface area contributed by atoms with E-state index in [4.69, 9.17) is 16.7 Å². The molecule has 1 N–H and O–H groups in total. The molecule has 0 fully saturated rings. The molecule has 60 valence electrons. The maximum absolute atomic E-state index is 8.81. The van der Waals surface area contributed by atoms with E-state index in [0.29, 0.717) is 5.02 Å². The molecule has 0 spiro atoms. The molecule has 1 aromatic carbocycles. The number of hydrogen-bond acceptors (Lipinski definition) is 1.